The molecule has 0 N–H and O–H groups in total. The number of alkyl halides is 3. The number of thiophene rings is 1. The van der Waals surface area contributed by atoms with E-state index in [-0.39, 0.29) is 12.6 Å². The van der Waals surface area contributed by atoms with Crippen LogP contribution in [-0.2, 0) is 42.5 Å². The molecule has 0 unspecified atom stereocenters. The number of halogens is 3. The maximum Gasteiger partial charge on any atom is 0.433 e. The summed E-state index contributed by atoms with van der Waals surface area (Å²) in [6.07, 6.45) is -3.41. The zero-order chi connectivity index (χ0) is 24.3. The second-order valence-corrected chi connectivity index (χ2v) is 9.52. The fraction of sp³-hybridized carbons (Fsp3) is 0.478. The molecule has 0 bridgehead atoms. The molecule has 3 aromatic rings. The molecule has 4 rings (SSSR count). The SMILES string of the molecule is CC(=O)OCc1ccc(CN2CCCN(Cc3ccc(-c4cc(C(F)(F)F)n(C)n4)s3)CC2)o1. The van der Waals surface area contributed by atoms with Crippen molar-refractivity contribution in [1.82, 2.24) is 19.6 Å². The van der Waals surface area contributed by atoms with Gasteiger partial charge in [0.2, 0.25) is 0 Å². The van der Waals surface area contributed by atoms with Gasteiger partial charge in [0.25, 0.3) is 0 Å². The summed E-state index contributed by atoms with van der Waals surface area (Å²) >= 11 is 1.48. The lowest BCUT2D eigenvalue weighted by Gasteiger charge is -2.20. The largest absolute Gasteiger partial charge is 0.461 e. The minimum absolute atomic E-state index is 0.141. The van der Waals surface area contributed by atoms with Crippen LogP contribution in [0.1, 0.15) is 35.4 Å². The molecule has 0 aliphatic carbocycles. The number of hydrogen-bond donors (Lipinski definition) is 0. The molecule has 0 spiro atoms. The highest BCUT2D eigenvalue weighted by Crippen LogP contribution is 2.34. The Morgan fingerprint density at radius 3 is 2.47 bits per heavy atom. The van der Waals surface area contributed by atoms with E-state index in [0.29, 0.717) is 18.0 Å². The van der Waals surface area contributed by atoms with Crippen LogP contribution in [0.4, 0.5) is 13.2 Å². The molecule has 0 amide bonds. The number of nitrogens with zero attached hydrogens (tertiary/aromatic N) is 4. The summed E-state index contributed by atoms with van der Waals surface area (Å²) in [7, 11) is 1.31. The first-order valence-corrected chi connectivity index (χ1v) is 11.8. The molecule has 3 aromatic heterocycles. The van der Waals surface area contributed by atoms with Crippen LogP contribution in [0.2, 0.25) is 0 Å². The Kier molecular flexibility index (Phi) is 7.44. The zero-order valence-electron chi connectivity index (χ0n) is 19.1. The Hall–Kier alpha value is -2.63. The predicted molar refractivity (Wildman–Crippen MR) is 121 cm³/mol. The van der Waals surface area contributed by atoms with Crippen molar-refractivity contribution in [3.63, 3.8) is 0 Å². The topological polar surface area (TPSA) is 63.7 Å². The molecule has 1 aliphatic heterocycles. The summed E-state index contributed by atoms with van der Waals surface area (Å²) in [5, 5.41) is 4.05. The number of carbonyl (C=O) groups is 1. The highest BCUT2D eigenvalue weighted by molar-refractivity contribution is 7.15. The molecular formula is C23H27F3N4O3S. The quantitative estimate of drug-likeness (QED) is 0.448. The summed E-state index contributed by atoms with van der Waals surface area (Å²) in [6.45, 7) is 6.61. The van der Waals surface area contributed by atoms with Gasteiger partial charge in [-0.2, -0.15) is 18.3 Å². The minimum atomic E-state index is -4.42. The summed E-state index contributed by atoms with van der Waals surface area (Å²) in [4.78, 5) is 17.5. The monoisotopic (exact) mass is 496 g/mol. The predicted octanol–water partition coefficient (Wildman–Crippen LogP) is 4.53. The van der Waals surface area contributed by atoms with Crippen molar-refractivity contribution in [2.45, 2.75) is 39.2 Å². The van der Waals surface area contributed by atoms with Gasteiger partial charge in [0.15, 0.2) is 0 Å². The van der Waals surface area contributed by atoms with Crippen LogP contribution in [0, 0.1) is 0 Å². The van der Waals surface area contributed by atoms with E-state index in [1.165, 1.54) is 25.3 Å². The second-order valence-electron chi connectivity index (χ2n) is 8.36. The molecule has 0 saturated carbocycles. The average molecular weight is 497 g/mol. The van der Waals surface area contributed by atoms with Crippen LogP contribution in [0.3, 0.4) is 0 Å². The van der Waals surface area contributed by atoms with Crippen LogP contribution < -0.4 is 0 Å². The average Bonchev–Trinajstić information content (AvgIpc) is 3.46. The first-order valence-electron chi connectivity index (χ1n) is 11.0. The van der Waals surface area contributed by atoms with E-state index in [2.05, 4.69) is 14.9 Å². The molecule has 34 heavy (non-hydrogen) atoms. The number of carbonyl (C=O) groups excluding carboxylic acids is 1. The number of furan rings is 1. The molecule has 1 fully saturated rings. The van der Waals surface area contributed by atoms with Crippen LogP contribution >= 0.6 is 11.3 Å². The Morgan fingerprint density at radius 1 is 1.09 bits per heavy atom. The summed E-state index contributed by atoms with van der Waals surface area (Å²) in [5.74, 6) is 1.13. The van der Waals surface area contributed by atoms with Gasteiger partial charge in [0.1, 0.15) is 29.5 Å². The first kappa shape index (κ1) is 24.5. The van der Waals surface area contributed by atoms with Gasteiger partial charge in [-0.1, -0.05) is 0 Å². The van der Waals surface area contributed by atoms with Crippen molar-refractivity contribution in [2.75, 3.05) is 26.2 Å². The number of hydrogen-bond acceptors (Lipinski definition) is 7. The Bertz CT molecular complexity index is 1120. The van der Waals surface area contributed by atoms with Crippen molar-refractivity contribution in [2.24, 2.45) is 7.05 Å². The van der Waals surface area contributed by atoms with E-state index in [9.17, 15) is 18.0 Å². The van der Waals surface area contributed by atoms with Gasteiger partial charge in [0, 0.05) is 38.5 Å². The van der Waals surface area contributed by atoms with Crippen LogP contribution in [0.15, 0.2) is 34.7 Å². The van der Waals surface area contributed by atoms with Gasteiger partial charge in [-0.05, 0) is 49.8 Å². The molecular weight excluding hydrogens is 469 g/mol. The molecule has 0 aromatic carbocycles. The van der Waals surface area contributed by atoms with Gasteiger partial charge >= 0.3 is 12.1 Å². The van der Waals surface area contributed by atoms with Crippen molar-refractivity contribution in [3.8, 4) is 10.6 Å². The zero-order valence-corrected chi connectivity index (χ0v) is 19.9. The van der Waals surface area contributed by atoms with Crippen molar-refractivity contribution >= 4 is 17.3 Å². The van der Waals surface area contributed by atoms with Crippen LogP contribution in [-0.4, -0.2) is 51.7 Å². The fourth-order valence-electron chi connectivity index (χ4n) is 3.99. The molecule has 1 aliphatic rings. The lowest BCUT2D eigenvalue weighted by Crippen LogP contribution is -2.30. The van der Waals surface area contributed by atoms with E-state index in [1.54, 1.807) is 0 Å². The normalized spacial score (nSPS) is 16.0. The lowest BCUT2D eigenvalue weighted by molar-refractivity contribution is -0.144. The van der Waals surface area contributed by atoms with E-state index < -0.39 is 11.9 Å². The number of rotatable bonds is 7. The van der Waals surface area contributed by atoms with E-state index in [0.717, 1.165) is 65.4 Å². The molecule has 0 atom stereocenters. The standard InChI is InChI=1S/C23H27F3N4O3S/c1-16(31)32-15-18-5-4-17(33-18)13-29-8-3-9-30(11-10-29)14-19-6-7-21(34-19)20-12-22(23(24,25)26)28(2)27-20/h4-7,12H,3,8-11,13-15H2,1-2H3. The Balaban J connectivity index is 1.30. The highest BCUT2D eigenvalue weighted by Gasteiger charge is 2.35. The first-order chi connectivity index (χ1) is 16.2. The van der Waals surface area contributed by atoms with E-state index in [1.807, 2.05) is 24.3 Å². The molecule has 11 heteroatoms. The Morgan fingerprint density at radius 2 is 1.79 bits per heavy atom. The molecule has 0 radical (unpaired) electrons. The van der Waals surface area contributed by atoms with Gasteiger partial charge in [-0.25, -0.2) is 0 Å². The van der Waals surface area contributed by atoms with Gasteiger partial charge in [0.05, 0.1) is 11.4 Å². The second kappa shape index (κ2) is 10.3. The third-order valence-corrected chi connectivity index (χ3v) is 6.75. The van der Waals surface area contributed by atoms with Crippen molar-refractivity contribution in [1.29, 1.82) is 0 Å². The minimum Gasteiger partial charge on any atom is -0.461 e. The molecule has 184 valence electrons. The summed E-state index contributed by atoms with van der Waals surface area (Å²) < 4.78 is 50.8. The lowest BCUT2D eigenvalue weighted by atomic mass is 10.3. The number of esters is 1. The molecule has 7 nitrogen and oxygen atoms in total. The van der Waals surface area contributed by atoms with Gasteiger partial charge < -0.3 is 9.15 Å². The molecule has 1 saturated heterocycles. The third kappa shape index (κ3) is 6.28. The van der Waals surface area contributed by atoms with E-state index in [4.69, 9.17) is 9.15 Å². The van der Waals surface area contributed by atoms with Gasteiger partial charge in [-0.3, -0.25) is 19.3 Å². The summed E-state index contributed by atoms with van der Waals surface area (Å²) in [6, 6.07) is 8.66. The van der Waals surface area contributed by atoms with Crippen LogP contribution in [0.25, 0.3) is 10.6 Å². The molecule has 4 heterocycles. The maximum atomic E-state index is 13.1. The van der Waals surface area contributed by atoms with E-state index >= 15 is 0 Å². The highest BCUT2D eigenvalue weighted by atomic mass is 32.1. The number of aryl methyl sites for hydroxylation is 1. The van der Waals surface area contributed by atoms with Crippen molar-refractivity contribution < 1.29 is 27.1 Å². The van der Waals surface area contributed by atoms with Crippen molar-refractivity contribution in [3.05, 3.63) is 52.4 Å². The van der Waals surface area contributed by atoms with Crippen LogP contribution in [0.5, 0.6) is 0 Å². The maximum absolute atomic E-state index is 13.1. The number of ether oxygens (including phenoxy) is 1. The number of aromatic nitrogens is 2. The third-order valence-electron chi connectivity index (χ3n) is 5.66. The smallest absolute Gasteiger partial charge is 0.433 e. The Labute approximate surface area is 199 Å². The van der Waals surface area contributed by atoms with Gasteiger partial charge in [-0.15, -0.1) is 11.3 Å². The summed E-state index contributed by atoms with van der Waals surface area (Å²) in [5.41, 5.74) is -0.403. The fourth-order valence-corrected chi connectivity index (χ4v) is 5.00.